The van der Waals surface area contributed by atoms with Crippen molar-refractivity contribution in [3.05, 3.63) is 63.4 Å². The fraction of sp³-hybridized carbons (Fsp3) is 0.294. The molecule has 0 aromatic heterocycles. The van der Waals surface area contributed by atoms with Crippen molar-refractivity contribution in [3.63, 3.8) is 0 Å². The number of hydrogen-bond acceptors (Lipinski definition) is 2. The van der Waals surface area contributed by atoms with Gasteiger partial charge >= 0.3 is 0 Å². The van der Waals surface area contributed by atoms with Gasteiger partial charge in [0.25, 0.3) is 0 Å². The average molecular weight is 352 g/mol. The van der Waals surface area contributed by atoms with Gasteiger partial charge in [-0.05, 0) is 50.1 Å². The summed E-state index contributed by atoms with van der Waals surface area (Å²) in [6.07, 6.45) is 0.734. The van der Waals surface area contributed by atoms with E-state index in [9.17, 15) is 4.39 Å². The first-order valence-electron chi connectivity index (χ1n) is 6.87. The van der Waals surface area contributed by atoms with Gasteiger partial charge in [-0.25, -0.2) is 4.39 Å². The molecule has 21 heavy (non-hydrogen) atoms. The Balaban J connectivity index is 2.17. The summed E-state index contributed by atoms with van der Waals surface area (Å²) >= 11 is 3.34. The molecule has 2 N–H and O–H groups in total. The molecular formula is C17H19BrFNO. The largest absolute Gasteiger partial charge is 0.489 e. The van der Waals surface area contributed by atoms with E-state index in [-0.39, 0.29) is 18.5 Å². The molecule has 0 amide bonds. The van der Waals surface area contributed by atoms with Crippen LogP contribution < -0.4 is 10.5 Å². The monoisotopic (exact) mass is 351 g/mol. The van der Waals surface area contributed by atoms with E-state index in [0.29, 0.717) is 5.56 Å². The van der Waals surface area contributed by atoms with Gasteiger partial charge in [0.15, 0.2) is 0 Å². The van der Waals surface area contributed by atoms with Crippen LogP contribution in [0.3, 0.4) is 0 Å². The molecular weight excluding hydrogens is 333 g/mol. The van der Waals surface area contributed by atoms with Crippen LogP contribution >= 0.6 is 15.9 Å². The van der Waals surface area contributed by atoms with Crippen molar-refractivity contribution >= 4 is 15.9 Å². The normalized spacial score (nSPS) is 12.2. The van der Waals surface area contributed by atoms with E-state index in [1.165, 1.54) is 6.07 Å². The highest BCUT2D eigenvalue weighted by molar-refractivity contribution is 9.10. The van der Waals surface area contributed by atoms with E-state index in [4.69, 9.17) is 10.5 Å². The van der Waals surface area contributed by atoms with Crippen LogP contribution in [0.15, 0.2) is 40.9 Å². The highest BCUT2D eigenvalue weighted by atomic mass is 79.9. The van der Waals surface area contributed by atoms with Crippen molar-refractivity contribution in [1.29, 1.82) is 0 Å². The van der Waals surface area contributed by atoms with E-state index in [1.807, 2.05) is 26.0 Å². The van der Waals surface area contributed by atoms with Crippen LogP contribution in [0.25, 0.3) is 0 Å². The Morgan fingerprint density at radius 1 is 1.19 bits per heavy atom. The van der Waals surface area contributed by atoms with Crippen LogP contribution in [-0.2, 0) is 13.0 Å². The fourth-order valence-electron chi connectivity index (χ4n) is 2.16. The summed E-state index contributed by atoms with van der Waals surface area (Å²) in [5, 5.41) is 0. The second-order valence-corrected chi connectivity index (χ2v) is 6.23. The van der Waals surface area contributed by atoms with Crippen LogP contribution in [0, 0.1) is 12.7 Å². The van der Waals surface area contributed by atoms with E-state index < -0.39 is 0 Å². The van der Waals surface area contributed by atoms with Crippen molar-refractivity contribution < 1.29 is 9.13 Å². The van der Waals surface area contributed by atoms with Gasteiger partial charge < -0.3 is 10.5 Å². The molecule has 1 unspecified atom stereocenters. The van der Waals surface area contributed by atoms with E-state index in [0.717, 1.165) is 27.8 Å². The van der Waals surface area contributed by atoms with Gasteiger partial charge in [0.2, 0.25) is 0 Å². The molecule has 112 valence electrons. The summed E-state index contributed by atoms with van der Waals surface area (Å²) in [5.74, 6) is 0.497. The third-order valence-corrected chi connectivity index (χ3v) is 3.64. The van der Waals surface area contributed by atoms with Crippen LogP contribution in [0.2, 0.25) is 0 Å². The summed E-state index contributed by atoms with van der Waals surface area (Å²) < 4.78 is 20.4. The van der Waals surface area contributed by atoms with Gasteiger partial charge in [0.1, 0.15) is 18.2 Å². The highest BCUT2D eigenvalue weighted by Gasteiger charge is 2.09. The molecule has 0 spiro atoms. The Hall–Kier alpha value is -1.39. The van der Waals surface area contributed by atoms with Crippen molar-refractivity contribution in [2.24, 2.45) is 5.73 Å². The molecule has 0 saturated heterocycles. The quantitative estimate of drug-likeness (QED) is 0.868. The Labute approximate surface area is 133 Å². The van der Waals surface area contributed by atoms with Crippen molar-refractivity contribution in [1.82, 2.24) is 0 Å². The van der Waals surface area contributed by atoms with E-state index >= 15 is 0 Å². The smallest absolute Gasteiger partial charge is 0.129 e. The first kappa shape index (κ1) is 16.0. The lowest BCUT2D eigenvalue weighted by atomic mass is 10.0. The molecule has 0 bridgehead atoms. The molecule has 0 radical (unpaired) electrons. The molecule has 0 aliphatic carbocycles. The summed E-state index contributed by atoms with van der Waals surface area (Å²) in [7, 11) is 0. The average Bonchev–Trinajstić information content (AvgIpc) is 2.41. The number of halogens is 2. The van der Waals surface area contributed by atoms with Gasteiger partial charge in [-0.3, -0.25) is 0 Å². The summed E-state index contributed by atoms with van der Waals surface area (Å²) in [6, 6.07) is 10.9. The number of benzene rings is 2. The summed E-state index contributed by atoms with van der Waals surface area (Å²) in [5.41, 5.74) is 8.61. The third kappa shape index (κ3) is 4.55. The zero-order chi connectivity index (χ0) is 15.4. The molecule has 2 nitrogen and oxygen atoms in total. The molecule has 2 aromatic carbocycles. The Morgan fingerprint density at radius 2 is 1.95 bits per heavy atom. The minimum atomic E-state index is -0.265. The van der Waals surface area contributed by atoms with Crippen LogP contribution in [0.5, 0.6) is 5.75 Å². The Morgan fingerprint density at radius 3 is 2.67 bits per heavy atom. The predicted octanol–water partition coefficient (Wildman–Crippen LogP) is 4.37. The lowest BCUT2D eigenvalue weighted by Crippen LogP contribution is -2.18. The van der Waals surface area contributed by atoms with Crippen LogP contribution in [0.1, 0.15) is 23.6 Å². The number of aryl methyl sites for hydroxylation is 1. The van der Waals surface area contributed by atoms with Gasteiger partial charge in [0.05, 0.1) is 0 Å². The Bertz CT molecular complexity index is 628. The molecule has 0 heterocycles. The van der Waals surface area contributed by atoms with Crippen molar-refractivity contribution in [3.8, 4) is 5.75 Å². The maximum absolute atomic E-state index is 13.7. The van der Waals surface area contributed by atoms with E-state index in [1.54, 1.807) is 12.1 Å². The van der Waals surface area contributed by atoms with Crippen LogP contribution in [0.4, 0.5) is 4.39 Å². The van der Waals surface area contributed by atoms with Crippen LogP contribution in [-0.4, -0.2) is 6.04 Å². The van der Waals surface area contributed by atoms with E-state index in [2.05, 4.69) is 22.0 Å². The second-order valence-electron chi connectivity index (χ2n) is 5.32. The van der Waals surface area contributed by atoms with Gasteiger partial charge in [-0.1, -0.05) is 33.6 Å². The zero-order valence-corrected chi connectivity index (χ0v) is 13.8. The van der Waals surface area contributed by atoms with Gasteiger partial charge in [0, 0.05) is 16.1 Å². The minimum Gasteiger partial charge on any atom is -0.489 e. The third-order valence-electron chi connectivity index (χ3n) is 3.15. The Kier molecular flexibility index (Phi) is 5.37. The maximum Gasteiger partial charge on any atom is 0.129 e. The standard InChI is InChI=1S/C17H19BrFNO/c1-11-3-6-17(13(7-11)8-12(2)20)21-10-14-9-15(18)4-5-16(14)19/h3-7,9,12H,8,10,20H2,1-2H3. The summed E-state index contributed by atoms with van der Waals surface area (Å²) in [4.78, 5) is 0. The minimum absolute atomic E-state index is 0.0526. The van der Waals surface area contributed by atoms with Gasteiger partial charge in [-0.15, -0.1) is 0 Å². The highest BCUT2D eigenvalue weighted by Crippen LogP contribution is 2.24. The lowest BCUT2D eigenvalue weighted by molar-refractivity contribution is 0.296. The lowest BCUT2D eigenvalue weighted by Gasteiger charge is -2.14. The molecule has 2 aromatic rings. The molecule has 0 fully saturated rings. The molecule has 1 atom stereocenters. The van der Waals surface area contributed by atoms with Gasteiger partial charge in [-0.2, -0.15) is 0 Å². The molecule has 4 heteroatoms. The SMILES string of the molecule is Cc1ccc(OCc2cc(Br)ccc2F)c(CC(C)N)c1. The second kappa shape index (κ2) is 7.05. The molecule has 2 rings (SSSR count). The molecule has 0 aliphatic rings. The molecule has 0 aliphatic heterocycles. The molecule has 0 saturated carbocycles. The van der Waals surface area contributed by atoms with Crippen molar-refractivity contribution in [2.75, 3.05) is 0 Å². The summed E-state index contributed by atoms with van der Waals surface area (Å²) in [6.45, 7) is 4.18. The fourth-order valence-corrected chi connectivity index (χ4v) is 2.57. The number of ether oxygens (including phenoxy) is 1. The first-order chi connectivity index (χ1) is 9.95. The zero-order valence-electron chi connectivity index (χ0n) is 12.2. The first-order valence-corrected chi connectivity index (χ1v) is 7.67. The number of rotatable bonds is 5. The number of nitrogens with two attached hydrogens (primary N) is 1. The van der Waals surface area contributed by atoms with Crippen molar-refractivity contribution in [2.45, 2.75) is 32.9 Å². The maximum atomic E-state index is 13.7. The predicted molar refractivity (Wildman–Crippen MR) is 87.0 cm³/mol. The topological polar surface area (TPSA) is 35.2 Å². The number of hydrogen-bond donors (Lipinski definition) is 1.